The Kier molecular flexibility index (Phi) is 2.61. The quantitative estimate of drug-likeness (QED) is 0.790. The molecule has 1 aliphatic carbocycles. The second-order valence-corrected chi connectivity index (χ2v) is 5.10. The van der Waals surface area contributed by atoms with Gasteiger partial charge in [-0.1, -0.05) is 12.1 Å². The monoisotopic (exact) mass is 234 g/mol. The summed E-state index contributed by atoms with van der Waals surface area (Å²) in [5.74, 6) is 0.924. The molecule has 5 heteroatoms. The first-order valence-corrected chi connectivity index (χ1v) is 6.47. The summed E-state index contributed by atoms with van der Waals surface area (Å²) >= 11 is 0. The number of amides is 1. The van der Waals surface area contributed by atoms with Gasteiger partial charge in [0.2, 0.25) is 5.91 Å². The Bertz CT molecular complexity index is 418. The molecule has 1 aliphatic heterocycles. The van der Waals surface area contributed by atoms with E-state index in [2.05, 4.69) is 16.5 Å². The zero-order chi connectivity index (χ0) is 11.8. The average Bonchev–Trinajstić information content (AvgIpc) is 2.98. The standard InChI is InChI=1S/C12H18N4O/c1-2-3-12(17)15-6-10(7-15)16-8-11(13-14-16)9-4-5-9/h8-10H,2-7H2,1H3. The number of hydrogen-bond acceptors (Lipinski definition) is 3. The summed E-state index contributed by atoms with van der Waals surface area (Å²) in [4.78, 5) is 13.5. The van der Waals surface area contributed by atoms with Crippen LogP contribution in [-0.2, 0) is 4.79 Å². The third-order valence-electron chi connectivity index (χ3n) is 3.58. The molecule has 0 aromatic carbocycles. The van der Waals surface area contributed by atoms with Gasteiger partial charge in [-0.15, -0.1) is 5.10 Å². The minimum atomic E-state index is 0.270. The minimum Gasteiger partial charge on any atom is -0.338 e. The highest BCUT2D eigenvalue weighted by Gasteiger charge is 2.33. The fourth-order valence-electron chi connectivity index (χ4n) is 2.23. The molecule has 5 nitrogen and oxygen atoms in total. The van der Waals surface area contributed by atoms with Crippen LogP contribution in [0, 0.1) is 0 Å². The zero-order valence-corrected chi connectivity index (χ0v) is 10.2. The molecule has 1 saturated carbocycles. The van der Waals surface area contributed by atoms with E-state index in [1.807, 2.05) is 16.5 Å². The minimum absolute atomic E-state index is 0.270. The van der Waals surface area contributed by atoms with Crippen LogP contribution in [0.3, 0.4) is 0 Å². The van der Waals surface area contributed by atoms with E-state index < -0.39 is 0 Å². The Hall–Kier alpha value is -1.39. The highest BCUT2D eigenvalue weighted by Crippen LogP contribution is 2.39. The van der Waals surface area contributed by atoms with Crippen molar-refractivity contribution < 1.29 is 4.79 Å². The molecular formula is C12H18N4O. The van der Waals surface area contributed by atoms with Gasteiger partial charge in [-0.05, 0) is 19.3 Å². The molecule has 1 saturated heterocycles. The summed E-state index contributed by atoms with van der Waals surface area (Å²) in [6.07, 6.45) is 6.16. The second kappa shape index (κ2) is 4.13. The van der Waals surface area contributed by atoms with Crippen LogP contribution in [0.5, 0.6) is 0 Å². The van der Waals surface area contributed by atoms with Crippen LogP contribution in [-0.4, -0.2) is 38.9 Å². The molecule has 0 N–H and O–H groups in total. The van der Waals surface area contributed by atoms with E-state index in [1.54, 1.807) is 0 Å². The maximum absolute atomic E-state index is 11.6. The summed E-state index contributed by atoms with van der Waals surface area (Å²) < 4.78 is 1.93. The lowest BCUT2D eigenvalue weighted by Gasteiger charge is -2.38. The smallest absolute Gasteiger partial charge is 0.222 e. The molecule has 0 unspecified atom stereocenters. The summed E-state index contributed by atoms with van der Waals surface area (Å²) in [7, 11) is 0. The molecule has 0 spiro atoms. The highest BCUT2D eigenvalue weighted by atomic mass is 16.2. The van der Waals surface area contributed by atoms with Gasteiger partial charge in [0.05, 0.1) is 11.7 Å². The van der Waals surface area contributed by atoms with Crippen LogP contribution < -0.4 is 0 Å². The number of hydrogen-bond donors (Lipinski definition) is 0. The summed E-state index contributed by atoms with van der Waals surface area (Å²) in [5.41, 5.74) is 1.13. The van der Waals surface area contributed by atoms with Crippen LogP contribution >= 0.6 is 0 Å². The predicted molar refractivity (Wildman–Crippen MR) is 62.5 cm³/mol. The Balaban J connectivity index is 1.55. The number of likely N-dealkylation sites (tertiary alicyclic amines) is 1. The molecule has 92 valence electrons. The molecular weight excluding hydrogens is 216 g/mol. The van der Waals surface area contributed by atoms with E-state index in [0.717, 1.165) is 25.2 Å². The van der Waals surface area contributed by atoms with Gasteiger partial charge in [0.15, 0.2) is 0 Å². The molecule has 1 amide bonds. The van der Waals surface area contributed by atoms with Gasteiger partial charge in [0.25, 0.3) is 0 Å². The van der Waals surface area contributed by atoms with Gasteiger partial charge in [-0.2, -0.15) is 0 Å². The van der Waals surface area contributed by atoms with E-state index in [0.29, 0.717) is 18.4 Å². The van der Waals surface area contributed by atoms with Crippen LogP contribution in [0.1, 0.15) is 50.3 Å². The van der Waals surface area contributed by atoms with Gasteiger partial charge in [0.1, 0.15) is 0 Å². The maximum Gasteiger partial charge on any atom is 0.222 e. The van der Waals surface area contributed by atoms with Crippen LogP contribution in [0.2, 0.25) is 0 Å². The van der Waals surface area contributed by atoms with Crippen molar-refractivity contribution in [2.75, 3.05) is 13.1 Å². The van der Waals surface area contributed by atoms with Crippen molar-refractivity contribution in [1.29, 1.82) is 0 Å². The lowest BCUT2D eigenvalue weighted by atomic mass is 10.1. The maximum atomic E-state index is 11.6. The first-order chi connectivity index (χ1) is 8.28. The van der Waals surface area contributed by atoms with Crippen molar-refractivity contribution in [3.05, 3.63) is 11.9 Å². The Morgan fingerprint density at radius 2 is 2.24 bits per heavy atom. The highest BCUT2D eigenvalue weighted by molar-refractivity contribution is 5.77. The lowest BCUT2D eigenvalue weighted by molar-refractivity contribution is -0.137. The molecule has 2 fully saturated rings. The van der Waals surface area contributed by atoms with Gasteiger partial charge in [0, 0.05) is 31.6 Å². The van der Waals surface area contributed by atoms with E-state index in [4.69, 9.17) is 0 Å². The summed E-state index contributed by atoms with van der Waals surface area (Å²) in [5, 5.41) is 8.36. The molecule has 0 radical (unpaired) electrons. The van der Waals surface area contributed by atoms with Gasteiger partial charge >= 0.3 is 0 Å². The summed E-state index contributed by atoms with van der Waals surface area (Å²) in [6.45, 7) is 3.63. The number of carbonyl (C=O) groups is 1. The van der Waals surface area contributed by atoms with Crippen molar-refractivity contribution in [2.24, 2.45) is 0 Å². The largest absolute Gasteiger partial charge is 0.338 e. The first-order valence-electron chi connectivity index (χ1n) is 6.47. The number of nitrogens with zero attached hydrogens (tertiary/aromatic N) is 4. The number of rotatable bonds is 4. The molecule has 0 bridgehead atoms. The van der Waals surface area contributed by atoms with Crippen molar-refractivity contribution >= 4 is 5.91 Å². The topological polar surface area (TPSA) is 51.0 Å². The normalized spacial score (nSPS) is 20.4. The lowest BCUT2D eigenvalue weighted by Crippen LogP contribution is -2.50. The molecule has 2 aliphatic rings. The van der Waals surface area contributed by atoms with Crippen LogP contribution in [0.25, 0.3) is 0 Å². The van der Waals surface area contributed by atoms with Gasteiger partial charge in [-0.3, -0.25) is 4.79 Å². The van der Waals surface area contributed by atoms with Crippen molar-refractivity contribution in [3.8, 4) is 0 Å². The second-order valence-electron chi connectivity index (χ2n) is 5.10. The first kappa shape index (κ1) is 10.7. The molecule has 1 aromatic heterocycles. The number of carbonyl (C=O) groups excluding carboxylic acids is 1. The fourth-order valence-corrected chi connectivity index (χ4v) is 2.23. The van der Waals surface area contributed by atoms with E-state index in [1.165, 1.54) is 12.8 Å². The van der Waals surface area contributed by atoms with Crippen molar-refractivity contribution in [1.82, 2.24) is 19.9 Å². The van der Waals surface area contributed by atoms with Crippen LogP contribution in [0.4, 0.5) is 0 Å². The van der Waals surface area contributed by atoms with E-state index in [-0.39, 0.29) is 5.91 Å². The molecule has 2 heterocycles. The molecule has 1 aromatic rings. The van der Waals surface area contributed by atoms with E-state index in [9.17, 15) is 4.79 Å². The summed E-state index contributed by atoms with van der Waals surface area (Å²) in [6, 6.07) is 0.343. The average molecular weight is 234 g/mol. The SMILES string of the molecule is CCCC(=O)N1CC(n2cc(C3CC3)nn2)C1. The predicted octanol–water partition coefficient (Wildman–Crippen LogP) is 1.34. The Morgan fingerprint density at radius 1 is 1.47 bits per heavy atom. The van der Waals surface area contributed by atoms with Crippen LogP contribution in [0.15, 0.2) is 6.20 Å². The third-order valence-corrected chi connectivity index (χ3v) is 3.58. The molecule has 3 rings (SSSR count). The molecule has 17 heavy (non-hydrogen) atoms. The Morgan fingerprint density at radius 3 is 2.88 bits per heavy atom. The Labute approximate surface area is 101 Å². The molecule has 0 atom stereocenters. The van der Waals surface area contributed by atoms with Crippen molar-refractivity contribution in [3.63, 3.8) is 0 Å². The number of aromatic nitrogens is 3. The fraction of sp³-hybridized carbons (Fsp3) is 0.750. The zero-order valence-electron chi connectivity index (χ0n) is 10.2. The van der Waals surface area contributed by atoms with Crippen molar-refractivity contribution in [2.45, 2.75) is 44.6 Å². The van der Waals surface area contributed by atoms with Gasteiger partial charge in [-0.25, -0.2) is 4.68 Å². The van der Waals surface area contributed by atoms with E-state index >= 15 is 0 Å². The third kappa shape index (κ3) is 2.06. The van der Waals surface area contributed by atoms with Gasteiger partial charge < -0.3 is 4.90 Å².